The Balaban J connectivity index is 0.000000183. The van der Waals surface area contributed by atoms with Crippen molar-refractivity contribution in [1.29, 1.82) is 0 Å². The Kier molecular flexibility index (Phi) is 33.7. The number of hydrogen-bond acceptors (Lipinski definition) is 29. The molecule has 12 rings (SSSR count). The zero-order chi connectivity index (χ0) is 88.7. The smallest absolute Gasteiger partial charge is 0.316 e. The van der Waals surface area contributed by atoms with Crippen LogP contribution in [0.4, 0.5) is 10.5 Å². The van der Waals surface area contributed by atoms with Gasteiger partial charge in [0, 0.05) is 56.2 Å². The number of aryl methyl sites for hydroxylation is 4. The van der Waals surface area contributed by atoms with Crippen molar-refractivity contribution in [2.24, 2.45) is 5.73 Å². The third kappa shape index (κ3) is 22.4. The molecule has 4 fully saturated rings. The van der Waals surface area contributed by atoms with Gasteiger partial charge in [0.2, 0.25) is 6.29 Å². The molecule has 0 spiro atoms. The zero-order valence-corrected chi connectivity index (χ0v) is 68.1. The molecule has 25 N–H and O–H groups in total. The molecule has 34 nitrogen and oxygen atoms in total. The van der Waals surface area contributed by atoms with Crippen LogP contribution in [0.1, 0.15) is 91.9 Å². The van der Waals surface area contributed by atoms with Crippen LogP contribution in [-0.4, -0.2) is 298 Å². The molecule has 4 aliphatic rings. The first-order chi connectivity index (χ1) is 57.6. The van der Waals surface area contributed by atoms with E-state index in [2.05, 4.69) is 26.6 Å². The molecule has 7 aromatic carbocycles. The summed E-state index contributed by atoms with van der Waals surface area (Å²) < 4.78 is 27.6. The molecule has 0 radical (unpaired) electrons. The number of amides is 6. The van der Waals surface area contributed by atoms with E-state index < -0.39 is 167 Å². The number of rotatable bonds is 21. The van der Waals surface area contributed by atoms with E-state index in [0.29, 0.717) is 66.4 Å². The molecule has 4 aliphatic heterocycles. The number of benzene rings is 7. The fraction of sp³-hybridized carbons (Fsp3) is 0.407. The van der Waals surface area contributed by atoms with Crippen LogP contribution < -0.4 is 37.1 Å². The van der Waals surface area contributed by atoms with Gasteiger partial charge in [-0.3, -0.25) is 19.2 Å². The summed E-state index contributed by atoms with van der Waals surface area (Å²) in [6.07, 6.45) is -28.6. The van der Waals surface area contributed by atoms with Crippen molar-refractivity contribution >= 4 is 46.7 Å². The number of carbonyl (C=O) groups excluding carboxylic acids is 5. The molecule has 0 aliphatic carbocycles. The quantitative estimate of drug-likeness (QED) is 0.0448. The highest BCUT2D eigenvalue weighted by Crippen LogP contribution is 2.40. The molecule has 8 aromatic rings. The summed E-state index contributed by atoms with van der Waals surface area (Å²) in [5.74, 6) is -0.560. The highest BCUT2D eigenvalue weighted by Gasteiger charge is 2.50. The molecule has 4 saturated heterocycles. The number of nitrogens with one attached hydrogen (secondary N) is 5. The normalized spacial score (nSPS) is 26.8. The molecule has 6 amide bonds. The standard InChI is InChI=1S/2C22H27NO7.C22H27NO6.C20H25N3O8S/c2*1-11-8-13(12-4-3-5-14(9-12)22(29)23-2)6-7-15(11)17(25)21-20(28)19(27)18(26)16(10-24)30-21;1-12-8-15(14-4-3-5-16(9-14)22(28)23-2)7-6-13(12)10-17-19(25)21(27)20(26)18(11-24)29-17;1-8-5-9(13-6-10(23-20(21)29)17(32-13)18(28)22-2)3-4-11(8)30-19-16(27)15(26)14(25)12(7-24)31-19/h2*3-9,16-21,24-28H,10H2,1-2H3,(H,23,29);3-9,17-21,24-27H,10-11H2,1-2H3,(H,23,28);3-6,12,14-16,19,24-27H,7H2,1-2H3,(H,22,28)(H3,21,23,29)/t2*16?,17-,18?,19?,20?,21?;;/m10../s1. The van der Waals surface area contributed by atoms with Crippen molar-refractivity contribution in [2.45, 2.75) is 169 Å². The predicted molar refractivity (Wildman–Crippen MR) is 440 cm³/mol. The van der Waals surface area contributed by atoms with Crippen LogP contribution >= 0.6 is 11.3 Å². The van der Waals surface area contributed by atoms with Gasteiger partial charge in [0.05, 0.1) is 38.2 Å². The number of urea groups is 1. The number of aliphatic hydroxyl groups is 18. The van der Waals surface area contributed by atoms with Crippen molar-refractivity contribution in [2.75, 3.05) is 59.9 Å². The van der Waals surface area contributed by atoms with Crippen LogP contribution in [0, 0.1) is 27.7 Å². The molecule has 1 aromatic heterocycles. The predicted octanol–water partition coefficient (Wildman–Crippen LogP) is -0.0462. The molecule has 121 heavy (non-hydrogen) atoms. The summed E-state index contributed by atoms with van der Waals surface area (Å²) in [4.78, 5) is 60.0. The van der Waals surface area contributed by atoms with Crippen molar-refractivity contribution in [3.8, 4) is 49.6 Å². The number of hydrogen-bond donors (Lipinski definition) is 24. The summed E-state index contributed by atoms with van der Waals surface area (Å²) in [5, 5.41) is 192. The zero-order valence-electron chi connectivity index (χ0n) is 67.3. The fourth-order valence-corrected chi connectivity index (χ4v) is 15.5. The van der Waals surface area contributed by atoms with Crippen molar-refractivity contribution in [1.82, 2.24) is 21.3 Å². The van der Waals surface area contributed by atoms with Crippen molar-refractivity contribution in [3.05, 3.63) is 212 Å². The first-order valence-electron chi connectivity index (χ1n) is 38.6. The van der Waals surface area contributed by atoms with Crippen LogP contribution in [0.2, 0.25) is 0 Å². The molecule has 5 heterocycles. The summed E-state index contributed by atoms with van der Waals surface area (Å²) in [6, 6.07) is 44.0. The molecule has 0 bridgehead atoms. The highest BCUT2D eigenvalue weighted by molar-refractivity contribution is 7.18. The van der Waals surface area contributed by atoms with Gasteiger partial charge in [-0.15, -0.1) is 11.3 Å². The fourth-order valence-electron chi connectivity index (χ4n) is 14.4. The van der Waals surface area contributed by atoms with Gasteiger partial charge in [-0.2, -0.15) is 0 Å². The lowest BCUT2D eigenvalue weighted by Crippen LogP contribution is -2.60. The lowest BCUT2D eigenvalue weighted by molar-refractivity contribution is -0.277. The summed E-state index contributed by atoms with van der Waals surface area (Å²) >= 11 is 1.17. The minimum atomic E-state index is -1.55. The Labute approximate surface area is 700 Å². The van der Waals surface area contributed by atoms with E-state index in [1.54, 1.807) is 133 Å². The van der Waals surface area contributed by atoms with Crippen LogP contribution in [0.5, 0.6) is 5.75 Å². The van der Waals surface area contributed by atoms with E-state index in [4.69, 9.17) is 29.4 Å². The van der Waals surface area contributed by atoms with E-state index in [0.717, 1.165) is 50.1 Å². The maximum absolute atomic E-state index is 12.1. The molecular weight excluding hydrogens is 1600 g/mol. The van der Waals surface area contributed by atoms with Gasteiger partial charge in [0.15, 0.2) is 0 Å². The lowest BCUT2D eigenvalue weighted by Gasteiger charge is -2.42. The van der Waals surface area contributed by atoms with E-state index >= 15 is 0 Å². The Bertz CT molecular complexity index is 4710. The van der Waals surface area contributed by atoms with Gasteiger partial charge < -0.3 is 148 Å². The SMILES string of the molecule is CNC(=O)c1cccc(-c2ccc(CC3OC(CO)C(O)C(O)C3O)c(C)c2)c1.CNC(=O)c1cccc(-c2ccc([C@@H](O)C3OC(CO)C(O)C(O)C3O)c(C)c2)c1.CNC(=O)c1cccc(-c2ccc([C@H](O)C3OC(CO)C(O)C(O)C3O)c(C)c2)c1.CNC(=O)c1sc(-c2ccc(OC3OC(CO)C(O)C(O)C3O)c(C)c2)cc1NC(N)=O. The third-order valence-corrected chi connectivity index (χ3v) is 22.6. The number of aliphatic hydroxyl groups excluding tert-OH is 18. The first-order valence-corrected chi connectivity index (χ1v) is 39.5. The van der Waals surface area contributed by atoms with E-state index in [9.17, 15) is 116 Å². The lowest BCUT2D eigenvalue weighted by atomic mass is 9.87. The van der Waals surface area contributed by atoms with Crippen LogP contribution in [0.25, 0.3) is 43.8 Å². The summed E-state index contributed by atoms with van der Waals surface area (Å²) in [5.41, 5.74) is 17.9. The maximum Gasteiger partial charge on any atom is 0.316 e. The van der Waals surface area contributed by atoms with Gasteiger partial charge in [0.25, 0.3) is 23.6 Å². The Morgan fingerprint density at radius 2 is 0.744 bits per heavy atom. The second-order valence-electron chi connectivity index (χ2n) is 29.5. The number of anilines is 1. The van der Waals surface area contributed by atoms with E-state index in [1.165, 1.54) is 18.4 Å². The second-order valence-corrected chi connectivity index (χ2v) is 30.6. The maximum atomic E-state index is 12.1. The number of ether oxygens (including phenoxy) is 5. The first kappa shape index (κ1) is 95.2. The minimum Gasteiger partial charge on any atom is -0.462 e. The number of thiophene rings is 1. The number of carbonyl (C=O) groups is 5. The van der Waals surface area contributed by atoms with Crippen LogP contribution in [0.3, 0.4) is 0 Å². The largest absolute Gasteiger partial charge is 0.462 e. The van der Waals surface area contributed by atoms with Crippen LogP contribution in [-0.2, 0) is 25.4 Å². The monoisotopic (exact) mass is 1700 g/mol. The van der Waals surface area contributed by atoms with E-state index in [-0.39, 0.29) is 29.3 Å². The van der Waals surface area contributed by atoms with Gasteiger partial charge >= 0.3 is 6.03 Å². The highest BCUT2D eigenvalue weighted by atomic mass is 32.1. The third-order valence-electron chi connectivity index (χ3n) is 21.4. The van der Waals surface area contributed by atoms with Gasteiger partial charge in [-0.05, 0) is 166 Å². The Hall–Kier alpha value is -9.69. The molecule has 20 unspecified atom stereocenters. The van der Waals surface area contributed by atoms with Gasteiger partial charge in [0.1, 0.15) is 133 Å². The minimum absolute atomic E-state index is 0.150. The summed E-state index contributed by atoms with van der Waals surface area (Å²) in [7, 11) is 6.20. The number of primary amides is 1. The van der Waals surface area contributed by atoms with Gasteiger partial charge in [-0.25, -0.2) is 4.79 Å². The topological polar surface area (TPSA) is 582 Å². The molecule has 0 saturated carbocycles. The number of nitrogens with two attached hydrogens (primary N) is 1. The molecule has 22 atom stereocenters. The summed E-state index contributed by atoms with van der Waals surface area (Å²) in [6.45, 7) is 5.13. The molecule has 35 heteroatoms. The van der Waals surface area contributed by atoms with Gasteiger partial charge in [-0.1, -0.05) is 91.0 Å². The molecular formula is C86H106N6O28S. The Morgan fingerprint density at radius 3 is 1.13 bits per heavy atom. The average molecular weight is 1700 g/mol. The average Bonchev–Trinajstić information content (AvgIpc) is 1.10. The Morgan fingerprint density at radius 1 is 0.388 bits per heavy atom. The van der Waals surface area contributed by atoms with E-state index in [1.807, 2.05) is 67.6 Å². The second kappa shape index (κ2) is 42.9. The molecule has 654 valence electrons. The van der Waals surface area contributed by atoms with Crippen molar-refractivity contribution in [3.63, 3.8) is 0 Å². The van der Waals surface area contributed by atoms with Crippen molar-refractivity contribution < 1.29 is 140 Å². The van der Waals surface area contributed by atoms with Crippen LogP contribution in [0.15, 0.2) is 152 Å².